The van der Waals surface area contributed by atoms with Gasteiger partial charge in [0.1, 0.15) is 11.3 Å². The molecular formula is C25H24N4O2. The Morgan fingerprint density at radius 1 is 1.06 bits per heavy atom. The van der Waals surface area contributed by atoms with Crippen LogP contribution in [0.3, 0.4) is 0 Å². The van der Waals surface area contributed by atoms with Crippen LogP contribution in [0.15, 0.2) is 73.1 Å². The molecule has 1 amide bonds. The van der Waals surface area contributed by atoms with Gasteiger partial charge >= 0.3 is 0 Å². The van der Waals surface area contributed by atoms with E-state index in [-0.39, 0.29) is 5.91 Å². The zero-order valence-corrected chi connectivity index (χ0v) is 17.8. The summed E-state index contributed by atoms with van der Waals surface area (Å²) in [4.78, 5) is 22.8. The highest BCUT2D eigenvalue weighted by molar-refractivity contribution is 6.05. The van der Waals surface area contributed by atoms with Gasteiger partial charge in [-0.1, -0.05) is 24.3 Å². The predicted octanol–water partition coefficient (Wildman–Crippen LogP) is 4.84. The first-order valence-electron chi connectivity index (χ1n) is 10.0. The zero-order chi connectivity index (χ0) is 21.8. The molecular weight excluding hydrogens is 388 g/mol. The molecule has 31 heavy (non-hydrogen) atoms. The fraction of sp³-hybridized carbons (Fsp3) is 0.160. The molecule has 0 saturated carbocycles. The van der Waals surface area contributed by atoms with Crippen molar-refractivity contribution in [2.75, 3.05) is 24.4 Å². The standard InChI is InChI=1S/C25H24N4O2/c1-17-15-22(21-5-4-6-23(31-3)24(21)28-17)27-16-18-7-9-20(10-8-18)29(2)25(30)19-11-13-26-14-12-19/h4-15H,16H2,1-3H3,(H,27,28). The normalized spacial score (nSPS) is 10.7. The molecule has 0 radical (unpaired) electrons. The zero-order valence-electron chi connectivity index (χ0n) is 17.8. The number of carbonyl (C=O) groups is 1. The van der Waals surface area contributed by atoms with Crippen molar-refractivity contribution in [1.29, 1.82) is 0 Å². The molecule has 4 aromatic rings. The number of nitrogens with one attached hydrogen (secondary N) is 1. The molecule has 4 rings (SSSR count). The van der Waals surface area contributed by atoms with E-state index in [9.17, 15) is 4.79 Å². The van der Waals surface area contributed by atoms with E-state index >= 15 is 0 Å². The van der Waals surface area contributed by atoms with Gasteiger partial charge in [-0.2, -0.15) is 0 Å². The van der Waals surface area contributed by atoms with E-state index in [1.165, 1.54) is 0 Å². The Bertz CT molecular complexity index is 1210. The Balaban J connectivity index is 1.50. The van der Waals surface area contributed by atoms with Crippen molar-refractivity contribution >= 4 is 28.2 Å². The summed E-state index contributed by atoms with van der Waals surface area (Å²) in [5.41, 5.74) is 5.33. The molecule has 0 unspecified atom stereocenters. The molecule has 0 spiro atoms. The largest absolute Gasteiger partial charge is 0.494 e. The molecule has 0 atom stereocenters. The van der Waals surface area contributed by atoms with Crippen LogP contribution in [0.2, 0.25) is 0 Å². The number of hydrogen-bond donors (Lipinski definition) is 1. The van der Waals surface area contributed by atoms with E-state index in [1.54, 1.807) is 43.6 Å². The van der Waals surface area contributed by atoms with Gasteiger partial charge < -0.3 is 15.0 Å². The van der Waals surface area contributed by atoms with Gasteiger partial charge in [-0.15, -0.1) is 0 Å². The number of carbonyl (C=O) groups excluding carboxylic acids is 1. The quantitative estimate of drug-likeness (QED) is 0.491. The molecule has 0 bridgehead atoms. The van der Waals surface area contributed by atoms with Crippen molar-refractivity contribution < 1.29 is 9.53 Å². The minimum atomic E-state index is -0.0686. The van der Waals surface area contributed by atoms with E-state index in [1.807, 2.05) is 55.5 Å². The van der Waals surface area contributed by atoms with Gasteiger partial charge in [0, 0.05) is 54.0 Å². The number of ether oxygens (including phenoxy) is 1. The fourth-order valence-corrected chi connectivity index (χ4v) is 3.50. The van der Waals surface area contributed by atoms with E-state index in [0.29, 0.717) is 12.1 Å². The third-order valence-electron chi connectivity index (χ3n) is 5.19. The minimum Gasteiger partial charge on any atom is -0.494 e. The maximum atomic E-state index is 12.6. The van der Waals surface area contributed by atoms with Crippen LogP contribution in [-0.2, 0) is 6.54 Å². The molecule has 6 heteroatoms. The third kappa shape index (κ3) is 4.33. The lowest BCUT2D eigenvalue weighted by Crippen LogP contribution is -2.26. The maximum absolute atomic E-state index is 12.6. The summed E-state index contributed by atoms with van der Waals surface area (Å²) in [6.07, 6.45) is 3.24. The number of amides is 1. The number of para-hydroxylation sites is 1. The van der Waals surface area contributed by atoms with Gasteiger partial charge in [-0.05, 0) is 48.9 Å². The van der Waals surface area contributed by atoms with Crippen molar-refractivity contribution in [3.8, 4) is 5.75 Å². The number of anilines is 2. The van der Waals surface area contributed by atoms with E-state index in [0.717, 1.165) is 39.3 Å². The van der Waals surface area contributed by atoms with Gasteiger partial charge in [-0.25, -0.2) is 4.98 Å². The van der Waals surface area contributed by atoms with Crippen molar-refractivity contribution in [1.82, 2.24) is 9.97 Å². The van der Waals surface area contributed by atoms with E-state index < -0.39 is 0 Å². The molecule has 2 aromatic heterocycles. The van der Waals surface area contributed by atoms with Crippen LogP contribution in [-0.4, -0.2) is 30.0 Å². The summed E-state index contributed by atoms with van der Waals surface area (Å²) in [5, 5.41) is 4.53. The topological polar surface area (TPSA) is 67.3 Å². The van der Waals surface area contributed by atoms with E-state index in [4.69, 9.17) is 4.74 Å². The first-order chi connectivity index (χ1) is 15.1. The lowest BCUT2D eigenvalue weighted by Gasteiger charge is -2.18. The van der Waals surface area contributed by atoms with Gasteiger partial charge in [0.05, 0.1) is 7.11 Å². The number of pyridine rings is 2. The van der Waals surface area contributed by atoms with Crippen molar-refractivity contribution in [3.05, 3.63) is 89.9 Å². The van der Waals surface area contributed by atoms with E-state index in [2.05, 4.69) is 15.3 Å². The molecule has 0 aliphatic heterocycles. The predicted molar refractivity (Wildman–Crippen MR) is 124 cm³/mol. The van der Waals surface area contributed by atoms with Gasteiger partial charge in [0.15, 0.2) is 0 Å². The van der Waals surface area contributed by atoms with Gasteiger partial charge in [-0.3, -0.25) is 9.78 Å². The Kier molecular flexibility index (Phi) is 5.80. The van der Waals surface area contributed by atoms with Gasteiger partial charge in [0.2, 0.25) is 0 Å². The average Bonchev–Trinajstić information content (AvgIpc) is 2.82. The Morgan fingerprint density at radius 2 is 1.81 bits per heavy atom. The second-order valence-electron chi connectivity index (χ2n) is 7.29. The highest BCUT2D eigenvalue weighted by atomic mass is 16.5. The maximum Gasteiger partial charge on any atom is 0.258 e. The number of nitrogens with zero attached hydrogens (tertiary/aromatic N) is 3. The molecule has 0 fully saturated rings. The number of methoxy groups -OCH3 is 1. The SMILES string of the molecule is COc1cccc2c(NCc3ccc(N(C)C(=O)c4ccncc4)cc3)cc(C)nc12. The number of rotatable bonds is 6. The number of aromatic nitrogens is 2. The summed E-state index contributed by atoms with van der Waals surface area (Å²) in [6, 6.07) is 19.3. The number of benzene rings is 2. The van der Waals surface area contributed by atoms with Crippen LogP contribution >= 0.6 is 0 Å². The van der Waals surface area contributed by atoms with Crippen molar-refractivity contribution in [2.24, 2.45) is 0 Å². The second kappa shape index (κ2) is 8.83. The third-order valence-corrected chi connectivity index (χ3v) is 5.19. The highest BCUT2D eigenvalue weighted by Gasteiger charge is 2.13. The molecule has 0 aliphatic carbocycles. The summed E-state index contributed by atoms with van der Waals surface area (Å²) < 4.78 is 5.46. The van der Waals surface area contributed by atoms with Crippen LogP contribution in [0.1, 0.15) is 21.6 Å². The molecule has 2 aromatic carbocycles. The number of aryl methyl sites for hydroxylation is 1. The average molecular weight is 412 g/mol. The Morgan fingerprint density at radius 3 is 2.52 bits per heavy atom. The van der Waals surface area contributed by atoms with Crippen molar-refractivity contribution in [3.63, 3.8) is 0 Å². The summed E-state index contributed by atoms with van der Waals surface area (Å²) >= 11 is 0. The fourth-order valence-electron chi connectivity index (χ4n) is 3.50. The molecule has 2 heterocycles. The number of fused-ring (bicyclic) bond motifs is 1. The highest BCUT2D eigenvalue weighted by Crippen LogP contribution is 2.30. The summed E-state index contributed by atoms with van der Waals surface area (Å²) in [7, 11) is 3.43. The monoisotopic (exact) mass is 412 g/mol. The molecule has 156 valence electrons. The summed E-state index contributed by atoms with van der Waals surface area (Å²) in [5.74, 6) is 0.691. The Hall–Kier alpha value is -3.93. The molecule has 0 saturated heterocycles. The lowest BCUT2D eigenvalue weighted by molar-refractivity contribution is 0.0993. The molecule has 6 nitrogen and oxygen atoms in total. The van der Waals surface area contributed by atoms with Crippen LogP contribution in [0.25, 0.3) is 10.9 Å². The first kappa shape index (κ1) is 20.3. The van der Waals surface area contributed by atoms with Crippen molar-refractivity contribution in [2.45, 2.75) is 13.5 Å². The lowest BCUT2D eigenvalue weighted by atomic mass is 10.1. The molecule has 0 aliphatic rings. The van der Waals surface area contributed by atoms with Crippen LogP contribution in [0.4, 0.5) is 11.4 Å². The minimum absolute atomic E-state index is 0.0686. The Labute approximate surface area is 181 Å². The smallest absolute Gasteiger partial charge is 0.258 e. The molecule has 1 N–H and O–H groups in total. The number of hydrogen-bond acceptors (Lipinski definition) is 5. The van der Waals surface area contributed by atoms with Crippen LogP contribution < -0.4 is 15.0 Å². The summed E-state index contributed by atoms with van der Waals surface area (Å²) in [6.45, 7) is 2.62. The van der Waals surface area contributed by atoms with Gasteiger partial charge in [0.25, 0.3) is 5.91 Å². The second-order valence-corrected chi connectivity index (χ2v) is 7.29. The first-order valence-corrected chi connectivity index (χ1v) is 10.0. The van der Waals surface area contributed by atoms with Crippen LogP contribution in [0, 0.1) is 6.92 Å². The van der Waals surface area contributed by atoms with Crippen LogP contribution in [0.5, 0.6) is 5.75 Å².